The Bertz CT molecular complexity index is 1050. The van der Waals surface area contributed by atoms with Crippen molar-refractivity contribution in [1.82, 2.24) is 19.3 Å². The molecule has 1 unspecified atom stereocenters. The maximum atomic E-state index is 11.2. The smallest absolute Gasteiger partial charge is 0.208 e. The monoisotopic (exact) mass is 362 g/mol. The Kier molecular flexibility index (Phi) is 4.54. The number of para-hydroxylation sites is 1. The van der Waals surface area contributed by atoms with Gasteiger partial charge in [0.25, 0.3) is 0 Å². The molecule has 0 amide bonds. The van der Waals surface area contributed by atoms with E-state index in [1.165, 1.54) is 0 Å². The third kappa shape index (κ3) is 3.74. The lowest BCUT2D eigenvalue weighted by Gasteiger charge is -2.10. The van der Waals surface area contributed by atoms with E-state index in [0.717, 1.165) is 28.5 Å². The quantitative estimate of drug-likeness (QED) is 0.626. The number of nitrogens with one attached hydrogen (secondary N) is 1. The summed E-state index contributed by atoms with van der Waals surface area (Å²) in [5.41, 5.74) is 8.31. The Balaban J connectivity index is 2.01. The van der Waals surface area contributed by atoms with Crippen LogP contribution in [-0.2, 0) is 23.0 Å². The molecule has 3 aromatic rings. The average Bonchev–Trinajstić information content (AvgIpc) is 2.98. The highest BCUT2D eigenvalue weighted by Crippen LogP contribution is 2.29. The van der Waals surface area contributed by atoms with Crippen LogP contribution >= 0.6 is 0 Å². The topological polar surface area (TPSA) is 103 Å². The van der Waals surface area contributed by atoms with Crippen molar-refractivity contribution >= 4 is 37.8 Å². The molecule has 0 aliphatic carbocycles. The van der Waals surface area contributed by atoms with Crippen LogP contribution in [0.5, 0.6) is 0 Å². The van der Waals surface area contributed by atoms with E-state index in [-0.39, 0.29) is 0 Å². The van der Waals surface area contributed by atoms with Crippen molar-refractivity contribution in [1.29, 1.82) is 0 Å². The Hall–Kier alpha value is -2.19. The number of rotatable bonds is 7. The van der Waals surface area contributed by atoms with Crippen LogP contribution in [0.1, 0.15) is 27.0 Å². The second-order valence-electron chi connectivity index (χ2n) is 5.95. The van der Waals surface area contributed by atoms with Gasteiger partial charge in [0.1, 0.15) is 11.3 Å². The van der Waals surface area contributed by atoms with Crippen molar-refractivity contribution in [2.75, 3.05) is 18.5 Å². The number of fused-ring (bicyclic) bond motifs is 3. The minimum atomic E-state index is -3.21. The molecule has 0 radical (unpaired) electrons. The zero-order chi connectivity index (χ0) is 18.9. The van der Waals surface area contributed by atoms with Gasteiger partial charge < -0.3 is 10.3 Å². The van der Waals surface area contributed by atoms with Crippen molar-refractivity contribution in [3.05, 3.63) is 30.1 Å². The van der Waals surface area contributed by atoms with Gasteiger partial charge in [-0.25, -0.2) is 23.1 Å². The van der Waals surface area contributed by atoms with E-state index < -0.39 is 16.5 Å². The summed E-state index contributed by atoms with van der Waals surface area (Å²) >= 11 is 0. The van der Waals surface area contributed by atoms with E-state index in [1.54, 1.807) is 0 Å². The zero-order valence-corrected chi connectivity index (χ0v) is 15.2. The molecule has 2 aromatic heterocycles. The SMILES string of the molecule is [2H]C(CCCNS(C)(=O)=O)n1c(CC)nc2c(N)nc3ccccc3c21. The summed E-state index contributed by atoms with van der Waals surface area (Å²) in [5, 5.41) is 0.912. The first kappa shape index (κ1) is 16.3. The van der Waals surface area contributed by atoms with Crippen LogP contribution in [0.3, 0.4) is 0 Å². The summed E-state index contributed by atoms with van der Waals surface area (Å²) in [6.45, 7) is 1.72. The Morgan fingerprint density at radius 1 is 1.28 bits per heavy atom. The maximum Gasteiger partial charge on any atom is 0.208 e. The second-order valence-corrected chi connectivity index (χ2v) is 7.79. The molecule has 2 heterocycles. The van der Waals surface area contributed by atoms with Crippen LogP contribution in [0.25, 0.3) is 21.9 Å². The van der Waals surface area contributed by atoms with Crippen LogP contribution in [0.15, 0.2) is 24.3 Å². The molecule has 3 rings (SSSR count). The number of nitrogen functional groups attached to an aromatic ring is 1. The van der Waals surface area contributed by atoms with Gasteiger partial charge in [-0.15, -0.1) is 0 Å². The maximum absolute atomic E-state index is 11.2. The highest BCUT2D eigenvalue weighted by molar-refractivity contribution is 7.88. The molecule has 0 aliphatic rings. The molecular weight excluding hydrogens is 338 g/mol. The number of nitrogens with zero attached hydrogens (tertiary/aromatic N) is 3. The van der Waals surface area contributed by atoms with E-state index in [2.05, 4.69) is 14.7 Å². The summed E-state index contributed by atoms with van der Waals surface area (Å²) < 4.78 is 35.3. The zero-order valence-electron chi connectivity index (χ0n) is 15.4. The average molecular weight is 362 g/mol. The molecule has 0 saturated carbocycles. The molecule has 0 fully saturated rings. The fourth-order valence-electron chi connectivity index (χ4n) is 2.90. The van der Waals surface area contributed by atoms with Gasteiger partial charge in [-0.2, -0.15) is 0 Å². The van der Waals surface area contributed by atoms with Gasteiger partial charge in [-0.1, -0.05) is 25.1 Å². The van der Waals surface area contributed by atoms with E-state index in [1.807, 2.05) is 35.8 Å². The first-order valence-corrected chi connectivity index (χ1v) is 10.1. The lowest BCUT2D eigenvalue weighted by molar-refractivity contribution is 0.569. The number of hydrogen-bond acceptors (Lipinski definition) is 5. The molecule has 1 atom stereocenters. The predicted molar refractivity (Wildman–Crippen MR) is 101 cm³/mol. The Morgan fingerprint density at radius 3 is 2.76 bits per heavy atom. The molecule has 0 saturated heterocycles. The third-order valence-electron chi connectivity index (χ3n) is 4.00. The molecule has 25 heavy (non-hydrogen) atoms. The van der Waals surface area contributed by atoms with Gasteiger partial charge in [0.05, 0.1) is 17.3 Å². The van der Waals surface area contributed by atoms with E-state index in [9.17, 15) is 8.42 Å². The number of aromatic nitrogens is 3. The van der Waals surface area contributed by atoms with Crippen LogP contribution in [0, 0.1) is 0 Å². The number of pyridine rings is 1. The summed E-state index contributed by atoms with van der Waals surface area (Å²) in [6.07, 6.45) is 2.85. The largest absolute Gasteiger partial charge is 0.382 e. The highest BCUT2D eigenvalue weighted by atomic mass is 32.2. The van der Waals surface area contributed by atoms with Gasteiger partial charge in [0.2, 0.25) is 10.0 Å². The number of aryl methyl sites for hydroxylation is 2. The molecule has 0 bridgehead atoms. The highest BCUT2D eigenvalue weighted by Gasteiger charge is 2.16. The third-order valence-corrected chi connectivity index (χ3v) is 4.73. The molecule has 134 valence electrons. The van der Waals surface area contributed by atoms with Crippen LogP contribution in [0.4, 0.5) is 5.82 Å². The van der Waals surface area contributed by atoms with E-state index >= 15 is 0 Å². The van der Waals surface area contributed by atoms with Gasteiger partial charge in [-0.05, 0) is 18.9 Å². The van der Waals surface area contributed by atoms with Crippen molar-refractivity contribution in [3.63, 3.8) is 0 Å². The standard InChI is InChI=1S/C17H23N5O2S/c1-3-14-21-15-16(12-8-4-5-9-13(12)20-17(15)18)22(14)11-7-6-10-19-25(2,23)24/h4-5,8-9,19H,3,6-7,10-11H2,1-2H3,(H2,18,20)/i11D. The number of imidazole rings is 1. The van der Waals surface area contributed by atoms with Crippen molar-refractivity contribution in [2.45, 2.75) is 32.7 Å². The Morgan fingerprint density at radius 2 is 2.04 bits per heavy atom. The second kappa shape index (κ2) is 6.97. The first-order valence-electron chi connectivity index (χ1n) is 8.81. The van der Waals surface area contributed by atoms with Gasteiger partial charge >= 0.3 is 0 Å². The number of hydrogen-bond donors (Lipinski definition) is 2. The minimum absolute atomic E-state index is 0.312. The van der Waals surface area contributed by atoms with Crippen LogP contribution in [0.2, 0.25) is 0 Å². The lowest BCUT2D eigenvalue weighted by atomic mass is 10.2. The molecule has 0 spiro atoms. The molecule has 1 aromatic carbocycles. The van der Waals surface area contributed by atoms with Crippen LogP contribution < -0.4 is 10.5 Å². The number of nitrogens with two attached hydrogens (primary N) is 1. The van der Waals surface area contributed by atoms with E-state index in [0.29, 0.717) is 37.1 Å². The summed E-state index contributed by atoms with van der Waals surface area (Å²) in [4.78, 5) is 9.03. The summed E-state index contributed by atoms with van der Waals surface area (Å²) in [5.74, 6) is 1.14. The number of anilines is 1. The fraction of sp³-hybridized carbons (Fsp3) is 0.412. The molecule has 7 nitrogen and oxygen atoms in total. The lowest BCUT2D eigenvalue weighted by Crippen LogP contribution is -2.23. The van der Waals surface area contributed by atoms with E-state index in [4.69, 9.17) is 7.10 Å². The first-order chi connectivity index (χ1) is 12.3. The van der Waals surface area contributed by atoms with Gasteiger partial charge in [-0.3, -0.25) is 0 Å². The minimum Gasteiger partial charge on any atom is -0.382 e. The van der Waals surface area contributed by atoms with Crippen molar-refractivity contribution in [3.8, 4) is 0 Å². The molecular formula is C17H23N5O2S. The van der Waals surface area contributed by atoms with Gasteiger partial charge in [0, 0.05) is 26.2 Å². The Labute approximate surface area is 148 Å². The number of sulfonamides is 1. The molecule has 8 heteroatoms. The van der Waals surface area contributed by atoms with Crippen LogP contribution in [-0.4, -0.2) is 35.8 Å². The summed E-state index contributed by atoms with van der Waals surface area (Å²) in [6, 6.07) is 7.68. The molecule has 3 N–H and O–H groups in total. The summed E-state index contributed by atoms with van der Waals surface area (Å²) in [7, 11) is -3.21. The predicted octanol–water partition coefficient (Wildman–Crippen LogP) is 2.06. The fourth-order valence-corrected chi connectivity index (χ4v) is 3.41. The van der Waals surface area contributed by atoms with Gasteiger partial charge in [0.15, 0.2) is 5.82 Å². The van der Waals surface area contributed by atoms with Crippen molar-refractivity contribution in [2.24, 2.45) is 0 Å². The molecule has 0 aliphatic heterocycles. The van der Waals surface area contributed by atoms with Crippen molar-refractivity contribution < 1.29 is 9.79 Å². The normalized spacial score (nSPS) is 14.1. The number of benzene rings is 1.